The molecule has 0 bridgehead atoms. The van der Waals surface area contributed by atoms with E-state index < -0.39 is 31.2 Å². The van der Waals surface area contributed by atoms with Crippen LogP contribution < -0.4 is 26.8 Å². The van der Waals surface area contributed by atoms with E-state index in [1.807, 2.05) is 20.8 Å². The number of halogens is 2. The van der Waals surface area contributed by atoms with E-state index in [2.05, 4.69) is 19.9 Å². The molecule has 4 rings (SSSR count). The maximum atomic E-state index is 14.3. The lowest BCUT2D eigenvalue weighted by atomic mass is 9.93. The number of nitrogens with zero attached hydrogens (tertiary/aromatic N) is 6. The maximum absolute atomic E-state index is 14.3. The molecule has 0 spiro atoms. The number of nitrogens with two attached hydrogens (primary N) is 2. The Morgan fingerprint density at radius 2 is 1.84 bits per heavy atom. The van der Waals surface area contributed by atoms with Crippen molar-refractivity contribution in [1.82, 2.24) is 24.2 Å². The van der Waals surface area contributed by atoms with Gasteiger partial charge in [-0.1, -0.05) is 44.1 Å². The number of rotatable bonds is 9. The summed E-state index contributed by atoms with van der Waals surface area (Å²) in [6.45, 7) is 8.21. The third kappa shape index (κ3) is 13.0. The van der Waals surface area contributed by atoms with Gasteiger partial charge in [-0.15, -0.1) is 22.0 Å². The number of carboxylic acid groups (broad SMARTS) is 1. The van der Waals surface area contributed by atoms with Crippen molar-refractivity contribution in [2.45, 2.75) is 74.6 Å². The fourth-order valence-corrected chi connectivity index (χ4v) is 7.07. The van der Waals surface area contributed by atoms with E-state index in [0.29, 0.717) is 33.6 Å². The summed E-state index contributed by atoms with van der Waals surface area (Å²) < 4.78 is 33.9. The summed E-state index contributed by atoms with van der Waals surface area (Å²) in [6.07, 6.45) is 3.69. The highest BCUT2D eigenvalue weighted by molar-refractivity contribution is 8.00. The lowest BCUT2D eigenvalue weighted by Gasteiger charge is -2.16. The van der Waals surface area contributed by atoms with Gasteiger partial charge >= 0.3 is 16.8 Å². The number of esters is 1. The molecule has 3 aromatic rings. The maximum Gasteiger partial charge on any atom is 0.325 e. The van der Waals surface area contributed by atoms with Gasteiger partial charge in [0.1, 0.15) is 23.2 Å². The van der Waals surface area contributed by atoms with Crippen LogP contribution in [0.2, 0.25) is 5.02 Å². The number of methoxy groups -OCH3 is 1. The Morgan fingerprint density at radius 1 is 1.22 bits per heavy atom. The second-order valence-corrected chi connectivity index (χ2v) is 17.4. The summed E-state index contributed by atoms with van der Waals surface area (Å²) in [7, 11) is -1.81. The minimum Gasteiger partial charge on any atom is -0.480 e. The topological polar surface area (TPSA) is 240 Å². The molecule has 0 radical (unpaired) electrons. The van der Waals surface area contributed by atoms with Gasteiger partial charge in [0.25, 0.3) is 5.56 Å². The number of carboxylic acids is 1. The molecule has 0 saturated heterocycles. The number of nitrogen functional groups attached to an aromatic ring is 1. The van der Waals surface area contributed by atoms with E-state index in [4.69, 9.17) is 33.2 Å². The number of hydrogen-bond donors (Lipinski definition) is 4. The van der Waals surface area contributed by atoms with Crippen LogP contribution in [0.3, 0.4) is 0 Å². The molecule has 6 N–H and O–H groups in total. The summed E-state index contributed by atoms with van der Waals surface area (Å²) in [5.41, 5.74) is 4.95. The second kappa shape index (κ2) is 19.0. The highest BCUT2D eigenvalue weighted by atomic mass is 35.5. The standard InChI is InChI=1S/C15H15ClFN3O3S2.C8H14N4OS.C5H12NO4P/c1-23-13(21)8-24-12-7-11(10(17)6-9(12)16)18-14-19-4-2-3-5-20(19)15(22)25-14;1-8(2,3)5-6(13)12(9)7(14-4)11-10-5;1-11(9,10)3-2-4(6)5(7)8/h6-7H,2-5,8H2,1H3;9H2,1-4H3;4H,2-3,6H2,1H3,(H,7,8)(H,9,10). The van der Waals surface area contributed by atoms with E-state index in [-0.39, 0.29) is 44.9 Å². The van der Waals surface area contributed by atoms with Gasteiger partial charge in [0.05, 0.1) is 17.9 Å². The molecular weight excluding hydrogens is 758 g/mol. The zero-order valence-corrected chi connectivity index (χ0v) is 32.4. The molecule has 50 heavy (non-hydrogen) atoms. The van der Waals surface area contributed by atoms with Gasteiger partial charge < -0.3 is 26.3 Å². The Kier molecular flexibility index (Phi) is 16.4. The van der Waals surface area contributed by atoms with Crippen LogP contribution in [0.25, 0.3) is 0 Å². The summed E-state index contributed by atoms with van der Waals surface area (Å²) in [6, 6.07) is 1.61. The molecule has 278 valence electrons. The molecule has 22 heteroatoms. The molecule has 0 fully saturated rings. The third-order valence-corrected chi connectivity index (χ3v) is 10.7. The molecule has 0 amide bonds. The molecule has 2 aromatic heterocycles. The van der Waals surface area contributed by atoms with Crippen LogP contribution in [0, 0.1) is 5.82 Å². The highest BCUT2D eigenvalue weighted by Gasteiger charge is 2.22. The van der Waals surface area contributed by atoms with Crippen LogP contribution in [0.5, 0.6) is 0 Å². The lowest BCUT2D eigenvalue weighted by Crippen LogP contribution is -2.37. The normalized spacial score (nSPS) is 14.6. The largest absolute Gasteiger partial charge is 0.480 e. The molecule has 16 nitrogen and oxygen atoms in total. The number of aromatic nitrogens is 5. The van der Waals surface area contributed by atoms with Crippen molar-refractivity contribution in [3.05, 3.63) is 53.5 Å². The minimum absolute atomic E-state index is 0.0412. The van der Waals surface area contributed by atoms with Gasteiger partial charge in [0.15, 0.2) is 7.37 Å². The van der Waals surface area contributed by atoms with Crippen LogP contribution in [0.4, 0.5) is 10.1 Å². The summed E-state index contributed by atoms with van der Waals surface area (Å²) >= 11 is 9.46. The molecule has 1 aromatic carbocycles. The average Bonchev–Trinajstić information content (AvgIpc) is 3.35. The van der Waals surface area contributed by atoms with Crippen molar-refractivity contribution in [3.8, 4) is 0 Å². The van der Waals surface area contributed by atoms with Crippen molar-refractivity contribution in [2.24, 2.45) is 10.7 Å². The number of ether oxygens (including phenoxy) is 1. The molecule has 3 heterocycles. The van der Waals surface area contributed by atoms with Gasteiger partial charge in [-0.25, -0.2) is 14.1 Å². The quantitative estimate of drug-likeness (QED) is 0.105. The van der Waals surface area contributed by atoms with Crippen LogP contribution in [-0.4, -0.2) is 84.2 Å². The van der Waals surface area contributed by atoms with Crippen molar-refractivity contribution in [2.75, 3.05) is 37.8 Å². The molecule has 2 unspecified atom stereocenters. The zero-order valence-electron chi connectivity index (χ0n) is 28.3. The lowest BCUT2D eigenvalue weighted by molar-refractivity contribution is -0.139. The average molecular weight is 799 g/mol. The van der Waals surface area contributed by atoms with E-state index >= 15 is 0 Å². The fourth-order valence-electron chi connectivity index (χ4n) is 3.93. The zero-order chi connectivity index (χ0) is 38.0. The van der Waals surface area contributed by atoms with Gasteiger partial charge in [0, 0.05) is 36.2 Å². The Balaban J connectivity index is 0.000000293. The van der Waals surface area contributed by atoms with Crippen molar-refractivity contribution in [3.63, 3.8) is 0 Å². The van der Waals surface area contributed by atoms with Crippen molar-refractivity contribution >= 4 is 71.5 Å². The van der Waals surface area contributed by atoms with Crippen LogP contribution in [0.1, 0.15) is 45.7 Å². The first-order valence-corrected chi connectivity index (χ1v) is 20.5. The number of carbonyl (C=O) groups is 2. The van der Waals surface area contributed by atoms with E-state index in [0.717, 1.165) is 46.7 Å². The number of carbonyl (C=O) groups excluding carboxylic acids is 1. The fraction of sp³-hybridized carbons (Fsp3) is 0.536. The SMILES string of the molecule is COC(=O)CSc1cc(N=c2sc(=O)n3n2CCCC3)c(F)cc1Cl.CP(=O)(O)CCC(N)C(=O)O.CSc1nnc(C(C)(C)C)c(=O)n1N. The van der Waals surface area contributed by atoms with Crippen molar-refractivity contribution in [1.29, 1.82) is 0 Å². The first-order chi connectivity index (χ1) is 23.2. The van der Waals surface area contributed by atoms with Crippen LogP contribution in [-0.2, 0) is 37.4 Å². The summed E-state index contributed by atoms with van der Waals surface area (Å²) in [5.74, 6) is 3.51. The van der Waals surface area contributed by atoms with E-state index in [9.17, 15) is 28.1 Å². The first kappa shape index (κ1) is 43.2. The van der Waals surface area contributed by atoms with Crippen LogP contribution in [0.15, 0.2) is 36.8 Å². The van der Waals surface area contributed by atoms with Gasteiger partial charge in [0.2, 0.25) is 9.96 Å². The van der Waals surface area contributed by atoms with Gasteiger partial charge in [-0.2, -0.15) is 4.68 Å². The Bertz CT molecular complexity index is 1900. The molecule has 1 aliphatic heterocycles. The number of fused-ring (bicyclic) bond motifs is 1. The Morgan fingerprint density at radius 3 is 2.38 bits per heavy atom. The number of aliphatic carboxylic acids is 1. The van der Waals surface area contributed by atoms with Gasteiger partial charge in [-0.05, 0) is 49.0 Å². The Hall–Kier alpha value is -3.00. The third-order valence-electron chi connectivity index (χ3n) is 6.61. The minimum atomic E-state index is -3.10. The number of benzene rings is 1. The molecular formula is C28H41ClFN8O8PS3. The highest BCUT2D eigenvalue weighted by Crippen LogP contribution is 2.36. The van der Waals surface area contributed by atoms with Gasteiger partial charge in [-0.3, -0.25) is 28.4 Å². The number of thioether (sulfide) groups is 2. The molecule has 0 saturated carbocycles. The van der Waals surface area contributed by atoms with E-state index in [1.54, 1.807) is 15.6 Å². The predicted molar refractivity (Wildman–Crippen MR) is 193 cm³/mol. The van der Waals surface area contributed by atoms with Crippen LogP contribution >= 0.6 is 53.8 Å². The molecule has 1 aliphatic rings. The van der Waals surface area contributed by atoms with Crippen molar-refractivity contribution < 1.29 is 33.3 Å². The number of hydrogen-bond acceptors (Lipinski definition) is 14. The summed E-state index contributed by atoms with van der Waals surface area (Å²) in [4.78, 5) is 59.1. The van der Waals surface area contributed by atoms with E-state index in [1.165, 1.54) is 31.6 Å². The monoisotopic (exact) mass is 798 g/mol. The second-order valence-electron chi connectivity index (χ2n) is 11.8. The molecule has 2 atom stereocenters. The smallest absolute Gasteiger partial charge is 0.325 e. The Labute approximate surface area is 304 Å². The first-order valence-electron chi connectivity index (χ1n) is 14.8. The predicted octanol–water partition coefficient (Wildman–Crippen LogP) is 2.86. The molecule has 0 aliphatic carbocycles. The summed E-state index contributed by atoms with van der Waals surface area (Å²) in [5, 5.41) is 16.7.